The number of carbonyl (C=O) groups is 1. The van der Waals surface area contributed by atoms with Crippen LogP contribution in [0.2, 0.25) is 0 Å². The van der Waals surface area contributed by atoms with Crippen molar-refractivity contribution in [3.63, 3.8) is 0 Å². The maximum absolute atomic E-state index is 11.3. The molecule has 0 atom stereocenters. The number of nitrogens with zero attached hydrogens (tertiary/aromatic N) is 2. The second-order valence-corrected chi connectivity index (χ2v) is 4.50. The van der Waals surface area contributed by atoms with Crippen LogP contribution in [-0.4, -0.2) is 28.0 Å². The lowest BCUT2D eigenvalue weighted by molar-refractivity contribution is 0.0697. The summed E-state index contributed by atoms with van der Waals surface area (Å²) >= 11 is 0. The van der Waals surface area contributed by atoms with Crippen molar-refractivity contribution in [2.24, 2.45) is 0 Å². The fourth-order valence-electron chi connectivity index (χ4n) is 1.80. The predicted molar refractivity (Wildman–Crippen MR) is 71.6 cm³/mol. The van der Waals surface area contributed by atoms with Crippen LogP contribution in [0.25, 0.3) is 11.3 Å². The van der Waals surface area contributed by atoms with E-state index in [2.05, 4.69) is 5.10 Å². The fraction of sp³-hybridized carbons (Fsp3) is 0.286. The van der Waals surface area contributed by atoms with Crippen molar-refractivity contribution in [1.29, 1.82) is 0 Å². The number of aromatic nitrogens is 2. The summed E-state index contributed by atoms with van der Waals surface area (Å²) in [6.07, 6.45) is 1.56. The van der Waals surface area contributed by atoms with Gasteiger partial charge in [0, 0.05) is 17.8 Å². The minimum absolute atomic E-state index is 0.109. The monoisotopic (exact) mass is 260 g/mol. The van der Waals surface area contributed by atoms with E-state index in [-0.39, 0.29) is 11.6 Å². The van der Waals surface area contributed by atoms with Gasteiger partial charge >= 0.3 is 5.97 Å². The van der Waals surface area contributed by atoms with Crippen LogP contribution in [0.5, 0.6) is 5.75 Å². The Bertz CT molecular complexity index is 602. The summed E-state index contributed by atoms with van der Waals surface area (Å²) < 4.78 is 6.80. The molecule has 2 rings (SSSR count). The first kappa shape index (κ1) is 13.1. The third kappa shape index (κ3) is 2.59. The predicted octanol–water partition coefficient (Wildman–Crippen LogP) is 2.84. The molecule has 0 radical (unpaired) electrons. The van der Waals surface area contributed by atoms with Crippen molar-refractivity contribution < 1.29 is 14.6 Å². The first-order chi connectivity index (χ1) is 9.02. The average molecular weight is 260 g/mol. The SMILES string of the molecule is COc1cccc(-c2nn(C(C)C)cc2C(=O)O)c1. The van der Waals surface area contributed by atoms with Crippen LogP contribution in [0.15, 0.2) is 30.5 Å². The molecular formula is C14H16N2O3. The van der Waals surface area contributed by atoms with Gasteiger partial charge in [-0.2, -0.15) is 5.10 Å². The lowest BCUT2D eigenvalue weighted by Gasteiger charge is -2.04. The number of carboxylic acids is 1. The van der Waals surface area contributed by atoms with Gasteiger partial charge < -0.3 is 9.84 Å². The summed E-state index contributed by atoms with van der Waals surface area (Å²) in [5, 5.41) is 13.6. The highest BCUT2D eigenvalue weighted by atomic mass is 16.5. The van der Waals surface area contributed by atoms with Crippen LogP contribution in [0.3, 0.4) is 0 Å². The molecular weight excluding hydrogens is 244 g/mol. The van der Waals surface area contributed by atoms with E-state index >= 15 is 0 Å². The normalized spacial score (nSPS) is 10.7. The molecule has 0 unspecified atom stereocenters. The Kier molecular flexibility index (Phi) is 3.55. The molecule has 0 aliphatic heterocycles. The molecule has 0 saturated carbocycles. The van der Waals surface area contributed by atoms with E-state index in [1.54, 1.807) is 24.1 Å². The minimum atomic E-state index is -0.982. The van der Waals surface area contributed by atoms with E-state index in [0.29, 0.717) is 11.4 Å². The molecule has 0 bridgehead atoms. The smallest absolute Gasteiger partial charge is 0.339 e. The van der Waals surface area contributed by atoms with Crippen LogP contribution in [0.1, 0.15) is 30.2 Å². The molecule has 1 aromatic carbocycles. The van der Waals surface area contributed by atoms with Gasteiger partial charge in [0.1, 0.15) is 17.0 Å². The standard InChI is InChI=1S/C14H16N2O3/c1-9(2)16-8-12(14(17)18)13(15-16)10-5-4-6-11(7-10)19-3/h4-9H,1-3H3,(H,17,18). The second-order valence-electron chi connectivity index (χ2n) is 4.50. The number of hydrogen-bond acceptors (Lipinski definition) is 3. The van der Waals surface area contributed by atoms with Crippen molar-refractivity contribution in [3.8, 4) is 17.0 Å². The van der Waals surface area contributed by atoms with Crippen molar-refractivity contribution in [3.05, 3.63) is 36.0 Å². The maximum atomic E-state index is 11.3. The van der Waals surface area contributed by atoms with E-state index < -0.39 is 5.97 Å². The Morgan fingerprint density at radius 3 is 2.74 bits per heavy atom. The molecule has 0 aliphatic rings. The Balaban J connectivity index is 2.56. The number of benzene rings is 1. The number of hydrogen-bond donors (Lipinski definition) is 1. The first-order valence-corrected chi connectivity index (χ1v) is 5.99. The highest BCUT2D eigenvalue weighted by Gasteiger charge is 2.18. The molecule has 19 heavy (non-hydrogen) atoms. The number of aromatic carboxylic acids is 1. The molecule has 100 valence electrons. The van der Waals surface area contributed by atoms with Gasteiger partial charge in [0.2, 0.25) is 0 Å². The maximum Gasteiger partial charge on any atom is 0.339 e. The Morgan fingerprint density at radius 1 is 1.42 bits per heavy atom. The summed E-state index contributed by atoms with van der Waals surface area (Å²) in [6, 6.07) is 7.33. The number of rotatable bonds is 4. The molecule has 1 aromatic heterocycles. The Morgan fingerprint density at radius 2 is 2.16 bits per heavy atom. The Hall–Kier alpha value is -2.30. The van der Waals surface area contributed by atoms with Gasteiger partial charge in [0.15, 0.2) is 0 Å². The van der Waals surface area contributed by atoms with E-state index in [9.17, 15) is 9.90 Å². The molecule has 0 aliphatic carbocycles. The van der Waals surface area contributed by atoms with Crippen LogP contribution in [0, 0.1) is 0 Å². The summed E-state index contributed by atoms with van der Waals surface area (Å²) in [5.74, 6) is -0.308. The second kappa shape index (κ2) is 5.14. The van der Waals surface area contributed by atoms with Crippen molar-refractivity contribution in [2.75, 3.05) is 7.11 Å². The van der Waals surface area contributed by atoms with Gasteiger partial charge in [0.05, 0.1) is 7.11 Å². The van der Waals surface area contributed by atoms with Crippen LogP contribution >= 0.6 is 0 Å². The zero-order chi connectivity index (χ0) is 14.0. The van der Waals surface area contributed by atoms with Gasteiger partial charge in [-0.3, -0.25) is 4.68 Å². The largest absolute Gasteiger partial charge is 0.497 e. The van der Waals surface area contributed by atoms with Crippen molar-refractivity contribution in [2.45, 2.75) is 19.9 Å². The molecule has 0 fully saturated rings. The third-order valence-corrected chi connectivity index (χ3v) is 2.83. The van der Waals surface area contributed by atoms with Gasteiger partial charge in [-0.1, -0.05) is 12.1 Å². The summed E-state index contributed by atoms with van der Waals surface area (Å²) in [6.45, 7) is 3.90. The lowest BCUT2D eigenvalue weighted by Crippen LogP contribution is -2.00. The zero-order valence-corrected chi connectivity index (χ0v) is 11.1. The van der Waals surface area contributed by atoms with Crippen LogP contribution in [0.4, 0.5) is 0 Å². The molecule has 0 spiro atoms. The highest BCUT2D eigenvalue weighted by molar-refractivity contribution is 5.94. The van der Waals surface area contributed by atoms with E-state index in [1.807, 2.05) is 32.0 Å². The van der Waals surface area contributed by atoms with Crippen molar-refractivity contribution >= 4 is 5.97 Å². The van der Waals surface area contributed by atoms with E-state index in [1.165, 1.54) is 0 Å². The molecule has 1 heterocycles. The fourth-order valence-corrected chi connectivity index (χ4v) is 1.80. The number of methoxy groups -OCH3 is 1. The van der Waals surface area contributed by atoms with Crippen molar-refractivity contribution in [1.82, 2.24) is 9.78 Å². The molecule has 5 heteroatoms. The van der Waals surface area contributed by atoms with Crippen LogP contribution < -0.4 is 4.74 Å². The highest BCUT2D eigenvalue weighted by Crippen LogP contribution is 2.26. The third-order valence-electron chi connectivity index (χ3n) is 2.83. The van der Waals surface area contributed by atoms with Gasteiger partial charge in [0.25, 0.3) is 0 Å². The summed E-state index contributed by atoms with van der Waals surface area (Å²) in [4.78, 5) is 11.3. The first-order valence-electron chi connectivity index (χ1n) is 5.99. The summed E-state index contributed by atoms with van der Waals surface area (Å²) in [5.41, 5.74) is 1.39. The minimum Gasteiger partial charge on any atom is -0.497 e. The number of carboxylic acid groups (broad SMARTS) is 1. The number of ether oxygens (including phenoxy) is 1. The molecule has 2 aromatic rings. The molecule has 0 amide bonds. The van der Waals surface area contributed by atoms with E-state index in [4.69, 9.17) is 4.74 Å². The van der Waals surface area contributed by atoms with Gasteiger partial charge in [-0.05, 0) is 26.0 Å². The topological polar surface area (TPSA) is 64.4 Å². The Labute approximate surface area is 111 Å². The lowest BCUT2D eigenvalue weighted by atomic mass is 10.1. The average Bonchev–Trinajstić information content (AvgIpc) is 2.84. The van der Waals surface area contributed by atoms with Crippen LogP contribution in [-0.2, 0) is 0 Å². The van der Waals surface area contributed by atoms with Gasteiger partial charge in [-0.25, -0.2) is 4.79 Å². The molecule has 5 nitrogen and oxygen atoms in total. The molecule has 1 N–H and O–H groups in total. The van der Waals surface area contributed by atoms with E-state index in [0.717, 1.165) is 5.56 Å². The molecule has 0 saturated heterocycles. The summed E-state index contributed by atoms with van der Waals surface area (Å²) in [7, 11) is 1.57. The zero-order valence-electron chi connectivity index (χ0n) is 11.1. The quantitative estimate of drug-likeness (QED) is 0.918. The van der Waals surface area contributed by atoms with Gasteiger partial charge in [-0.15, -0.1) is 0 Å².